The van der Waals surface area contributed by atoms with E-state index in [0.29, 0.717) is 17.8 Å². The molecule has 1 aliphatic rings. The highest BCUT2D eigenvalue weighted by molar-refractivity contribution is 6.12. The Hall–Kier alpha value is -4.31. The predicted molar refractivity (Wildman–Crippen MR) is 146 cm³/mol. The third-order valence-electron chi connectivity index (χ3n) is 6.88. The normalized spacial score (nSPS) is 13.5. The summed E-state index contributed by atoms with van der Waals surface area (Å²) >= 11 is 0. The average Bonchev–Trinajstić information content (AvgIpc) is 3.43. The van der Waals surface area contributed by atoms with Crippen molar-refractivity contribution in [2.45, 2.75) is 25.3 Å². The molecule has 3 aromatic heterocycles. The van der Waals surface area contributed by atoms with Crippen LogP contribution in [-0.4, -0.2) is 81.6 Å². The standard InChI is InChI=1S/C27H29N7O2.CH4O/c1-28-23-7-3-2-6-20(23)9-13-33(19-35)21-10-14-32(15-11-21)26-16-24(29-18-30-26)27(36)22-17-31-34-12-5-4-8-25(22)34;1-2/h2-8,12,16-19,21,28H,9-11,13-15H2,1H3;2H,1H3. The summed E-state index contributed by atoms with van der Waals surface area (Å²) in [5.41, 5.74) is 3.90. The van der Waals surface area contributed by atoms with Crippen LogP contribution in [0.2, 0.25) is 0 Å². The number of para-hydroxylation sites is 1. The van der Waals surface area contributed by atoms with E-state index in [0.717, 1.165) is 62.9 Å². The number of rotatable bonds is 9. The number of carbonyl (C=O) groups excluding carboxylic acids is 2. The SMILES string of the molecule is CNc1ccccc1CCN(C=O)C1CCN(c2cc(C(=O)c3cnn4ccccc34)ncn2)CC1.CO. The zero-order valence-electron chi connectivity index (χ0n) is 21.7. The van der Waals surface area contributed by atoms with Crippen molar-refractivity contribution in [3.05, 3.63) is 84.1 Å². The Labute approximate surface area is 221 Å². The Morgan fingerprint density at radius 3 is 2.66 bits per heavy atom. The summed E-state index contributed by atoms with van der Waals surface area (Å²) in [6.07, 6.45) is 8.29. The number of amides is 1. The van der Waals surface area contributed by atoms with Crippen LogP contribution in [0.1, 0.15) is 34.5 Å². The molecule has 1 aliphatic heterocycles. The summed E-state index contributed by atoms with van der Waals surface area (Å²) in [6.45, 7) is 2.19. The third kappa shape index (κ3) is 5.81. The fraction of sp³-hybridized carbons (Fsp3) is 0.321. The monoisotopic (exact) mass is 515 g/mol. The first-order valence-corrected chi connectivity index (χ1v) is 12.6. The Kier molecular flexibility index (Phi) is 8.99. The molecule has 0 spiro atoms. The highest BCUT2D eigenvalue weighted by Crippen LogP contribution is 2.23. The number of hydrogen-bond acceptors (Lipinski definition) is 8. The van der Waals surface area contributed by atoms with Gasteiger partial charge in [-0.15, -0.1) is 0 Å². The van der Waals surface area contributed by atoms with Crippen molar-refractivity contribution in [3.63, 3.8) is 0 Å². The van der Waals surface area contributed by atoms with Gasteiger partial charge in [0, 0.05) is 57.8 Å². The van der Waals surface area contributed by atoms with Gasteiger partial charge in [0.05, 0.1) is 17.3 Å². The summed E-state index contributed by atoms with van der Waals surface area (Å²) in [5, 5.41) is 14.5. The van der Waals surface area contributed by atoms with Gasteiger partial charge in [0.2, 0.25) is 12.2 Å². The van der Waals surface area contributed by atoms with Gasteiger partial charge < -0.3 is 20.2 Å². The van der Waals surface area contributed by atoms with Crippen molar-refractivity contribution < 1.29 is 14.7 Å². The Morgan fingerprint density at radius 1 is 1.13 bits per heavy atom. The van der Waals surface area contributed by atoms with Crippen LogP contribution in [0.3, 0.4) is 0 Å². The maximum atomic E-state index is 13.2. The van der Waals surface area contributed by atoms with Gasteiger partial charge in [0.25, 0.3) is 0 Å². The molecule has 0 atom stereocenters. The second-order valence-corrected chi connectivity index (χ2v) is 8.90. The molecule has 0 saturated carbocycles. The molecule has 10 heteroatoms. The Balaban J connectivity index is 0.00000164. The number of benzene rings is 1. The number of fused-ring (bicyclic) bond motifs is 1. The van der Waals surface area contributed by atoms with E-state index in [1.54, 1.807) is 16.8 Å². The molecular formula is C28H33N7O3. The number of anilines is 2. The molecule has 10 nitrogen and oxygen atoms in total. The van der Waals surface area contributed by atoms with E-state index in [1.165, 1.54) is 11.9 Å². The molecular weight excluding hydrogens is 482 g/mol. The van der Waals surface area contributed by atoms with E-state index >= 15 is 0 Å². The fourth-order valence-corrected chi connectivity index (χ4v) is 4.87. The van der Waals surface area contributed by atoms with E-state index in [2.05, 4.69) is 37.4 Å². The number of nitrogens with zero attached hydrogens (tertiary/aromatic N) is 6. The number of pyridine rings is 1. The van der Waals surface area contributed by atoms with Crippen molar-refractivity contribution in [2.24, 2.45) is 0 Å². The second kappa shape index (κ2) is 12.8. The van der Waals surface area contributed by atoms with Gasteiger partial charge in [0.15, 0.2) is 0 Å². The Bertz CT molecular complexity index is 1370. The van der Waals surface area contributed by atoms with E-state index in [-0.39, 0.29) is 11.8 Å². The van der Waals surface area contributed by atoms with Gasteiger partial charge in [-0.3, -0.25) is 9.59 Å². The number of piperidine rings is 1. The van der Waals surface area contributed by atoms with Gasteiger partial charge in [-0.25, -0.2) is 14.5 Å². The number of carbonyl (C=O) groups is 2. The maximum Gasteiger partial charge on any atom is 0.215 e. The highest BCUT2D eigenvalue weighted by atomic mass is 16.2. The van der Waals surface area contributed by atoms with Crippen LogP contribution in [0.4, 0.5) is 11.5 Å². The molecule has 2 N–H and O–H groups in total. The van der Waals surface area contributed by atoms with Crippen molar-refractivity contribution in [1.29, 1.82) is 0 Å². The van der Waals surface area contributed by atoms with Crippen LogP contribution in [0.15, 0.2) is 67.3 Å². The molecule has 0 bridgehead atoms. The largest absolute Gasteiger partial charge is 0.400 e. The molecule has 4 aromatic rings. The summed E-state index contributed by atoms with van der Waals surface area (Å²) in [4.78, 5) is 37.8. The molecule has 0 unspecified atom stereocenters. The van der Waals surface area contributed by atoms with Gasteiger partial charge in [-0.1, -0.05) is 24.3 Å². The lowest BCUT2D eigenvalue weighted by atomic mass is 10.0. The molecule has 1 aromatic carbocycles. The van der Waals surface area contributed by atoms with Crippen LogP contribution in [0.5, 0.6) is 0 Å². The Morgan fingerprint density at radius 2 is 1.89 bits per heavy atom. The first-order valence-electron chi connectivity index (χ1n) is 12.6. The number of aliphatic hydroxyl groups excluding tert-OH is 1. The number of aromatic nitrogens is 4. The molecule has 0 radical (unpaired) electrons. The molecule has 1 amide bonds. The highest BCUT2D eigenvalue weighted by Gasteiger charge is 2.25. The van der Waals surface area contributed by atoms with Crippen LogP contribution >= 0.6 is 0 Å². The van der Waals surface area contributed by atoms with E-state index in [1.807, 2.05) is 48.5 Å². The van der Waals surface area contributed by atoms with Gasteiger partial charge in [-0.2, -0.15) is 5.10 Å². The number of aliphatic hydroxyl groups is 1. The fourth-order valence-electron chi connectivity index (χ4n) is 4.87. The summed E-state index contributed by atoms with van der Waals surface area (Å²) in [6, 6.07) is 15.7. The minimum absolute atomic E-state index is 0.177. The van der Waals surface area contributed by atoms with Crippen LogP contribution in [0.25, 0.3) is 5.52 Å². The van der Waals surface area contributed by atoms with Crippen LogP contribution in [-0.2, 0) is 11.2 Å². The zero-order chi connectivity index (χ0) is 26.9. The second-order valence-electron chi connectivity index (χ2n) is 8.90. The molecule has 4 heterocycles. The molecule has 5 rings (SSSR count). The zero-order valence-corrected chi connectivity index (χ0v) is 21.7. The van der Waals surface area contributed by atoms with Crippen molar-refractivity contribution in [3.8, 4) is 0 Å². The first-order chi connectivity index (χ1) is 18.7. The van der Waals surface area contributed by atoms with Gasteiger partial charge >= 0.3 is 0 Å². The summed E-state index contributed by atoms with van der Waals surface area (Å²) in [5.74, 6) is 0.549. The lowest BCUT2D eigenvalue weighted by Crippen LogP contribution is -2.45. The van der Waals surface area contributed by atoms with Crippen LogP contribution in [0, 0.1) is 0 Å². The van der Waals surface area contributed by atoms with Crippen molar-refractivity contribution in [2.75, 3.05) is 44.0 Å². The molecule has 38 heavy (non-hydrogen) atoms. The summed E-state index contributed by atoms with van der Waals surface area (Å²) < 4.78 is 1.68. The van der Waals surface area contributed by atoms with Gasteiger partial charge in [0.1, 0.15) is 17.8 Å². The minimum atomic E-state index is -0.177. The topological polar surface area (TPSA) is 116 Å². The molecule has 1 saturated heterocycles. The number of hydrogen-bond donors (Lipinski definition) is 2. The third-order valence-corrected chi connectivity index (χ3v) is 6.88. The predicted octanol–water partition coefficient (Wildman–Crippen LogP) is 2.68. The summed E-state index contributed by atoms with van der Waals surface area (Å²) in [7, 11) is 2.91. The van der Waals surface area contributed by atoms with E-state index in [9.17, 15) is 9.59 Å². The first kappa shape index (κ1) is 26.7. The van der Waals surface area contributed by atoms with Crippen molar-refractivity contribution >= 4 is 29.2 Å². The minimum Gasteiger partial charge on any atom is -0.400 e. The van der Waals surface area contributed by atoms with Crippen molar-refractivity contribution in [1.82, 2.24) is 24.5 Å². The average molecular weight is 516 g/mol. The number of ketones is 1. The van der Waals surface area contributed by atoms with E-state index in [4.69, 9.17) is 5.11 Å². The van der Waals surface area contributed by atoms with E-state index < -0.39 is 0 Å². The van der Waals surface area contributed by atoms with Gasteiger partial charge in [-0.05, 0) is 43.0 Å². The maximum absolute atomic E-state index is 13.2. The smallest absolute Gasteiger partial charge is 0.215 e. The molecule has 0 aliphatic carbocycles. The lowest BCUT2D eigenvalue weighted by molar-refractivity contribution is -0.120. The molecule has 1 fully saturated rings. The van der Waals surface area contributed by atoms with Crippen LogP contribution < -0.4 is 10.2 Å². The molecule has 198 valence electrons. The quantitative estimate of drug-likeness (QED) is 0.258. The lowest BCUT2D eigenvalue weighted by Gasteiger charge is -2.37. The number of nitrogens with one attached hydrogen (secondary N) is 1.